The van der Waals surface area contributed by atoms with Gasteiger partial charge in [-0.15, -0.1) is 10.2 Å². The average molecular weight is 559 g/mol. The summed E-state index contributed by atoms with van der Waals surface area (Å²) in [7, 11) is 1.58. The molecule has 9 nitrogen and oxygen atoms in total. The predicted octanol–water partition coefficient (Wildman–Crippen LogP) is 4.89. The number of ether oxygens (including phenoxy) is 1. The number of nitriles is 1. The van der Waals surface area contributed by atoms with E-state index < -0.39 is 5.92 Å². The van der Waals surface area contributed by atoms with Crippen molar-refractivity contribution < 1.29 is 14.3 Å². The number of methoxy groups -OCH3 is 1. The van der Waals surface area contributed by atoms with E-state index in [4.69, 9.17) is 10.5 Å². The maximum absolute atomic E-state index is 13.3. The SMILES string of the molecule is COc1ccc(NC(=O)CSc2nnc(N3C(N)=C(C#N)C(c4cccc(C)c4)C4=C3CCCC4=O)s2)cc1. The molecule has 2 aromatic carbocycles. The molecule has 0 bridgehead atoms. The maximum Gasteiger partial charge on any atom is 0.234 e. The number of allylic oxidation sites excluding steroid dienone is 3. The van der Waals surface area contributed by atoms with Crippen molar-refractivity contribution in [3.8, 4) is 11.8 Å². The fourth-order valence-electron chi connectivity index (χ4n) is 4.84. The number of Topliss-reactive ketones (excluding diaryl/α,β-unsaturated/α-hetero) is 1. The van der Waals surface area contributed by atoms with Gasteiger partial charge in [0.05, 0.1) is 30.4 Å². The lowest BCUT2D eigenvalue weighted by molar-refractivity contribution is -0.116. The number of hydrogen-bond acceptors (Lipinski definition) is 10. The van der Waals surface area contributed by atoms with E-state index in [1.165, 1.54) is 23.1 Å². The first-order valence-electron chi connectivity index (χ1n) is 12.3. The molecule has 0 spiro atoms. The van der Waals surface area contributed by atoms with E-state index in [2.05, 4.69) is 21.6 Å². The Bertz CT molecular complexity index is 1540. The van der Waals surface area contributed by atoms with Crippen LogP contribution in [0.3, 0.4) is 0 Å². The van der Waals surface area contributed by atoms with Crippen LogP contribution in [0, 0.1) is 18.3 Å². The smallest absolute Gasteiger partial charge is 0.234 e. The first kappa shape index (κ1) is 26.5. The molecule has 1 unspecified atom stereocenters. The van der Waals surface area contributed by atoms with Crippen molar-refractivity contribution >= 4 is 45.6 Å². The molecule has 3 N–H and O–H groups in total. The summed E-state index contributed by atoms with van der Waals surface area (Å²) in [5.41, 5.74) is 10.9. The fourth-order valence-corrected chi connectivity index (χ4v) is 6.52. The van der Waals surface area contributed by atoms with Crippen LogP contribution in [0.15, 0.2) is 75.5 Å². The highest BCUT2D eigenvalue weighted by molar-refractivity contribution is 8.01. The van der Waals surface area contributed by atoms with Gasteiger partial charge in [0.25, 0.3) is 0 Å². The summed E-state index contributed by atoms with van der Waals surface area (Å²) in [5, 5.41) is 22.0. The zero-order valence-corrected chi connectivity index (χ0v) is 23.1. The fraction of sp³-hybridized carbons (Fsp3) is 0.250. The van der Waals surface area contributed by atoms with Crippen LogP contribution in [0.4, 0.5) is 10.8 Å². The lowest BCUT2D eigenvalue weighted by Crippen LogP contribution is -2.38. The van der Waals surface area contributed by atoms with Gasteiger partial charge in [-0.3, -0.25) is 14.5 Å². The number of nitrogens with zero attached hydrogens (tertiary/aromatic N) is 4. The molecule has 0 radical (unpaired) electrons. The number of rotatable bonds is 7. The van der Waals surface area contributed by atoms with Gasteiger partial charge in [0.1, 0.15) is 11.6 Å². The van der Waals surface area contributed by atoms with Crippen LogP contribution in [0.5, 0.6) is 5.75 Å². The molecule has 0 saturated carbocycles. The van der Waals surface area contributed by atoms with Gasteiger partial charge in [-0.1, -0.05) is 52.9 Å². The molecule has 1 aliphatic heterocycles. The second kappa shape index (κ2) is 11.3. The average Bonchev–Trinajstić information content (AvgIpc) is 3.40. The Kier molecular flexibility index (Phi) is 7.67. The number of hydrogen-bond donors (Lipinski definition) is 2. The molecule has 1 aliphatic carbocycles. The summed E-state index contributed by atoms with van der Waals surface area (Å²) in [4.78, 5) is 27.4. The number of nitrogens with one attached hydrogen (secondary N) is 1. The second-order valence-electron chi connectivity index (χ2n) is 9.15. The lowest BCUT2D eigenvalue weighted by Gasteiger charge is -2.38. The molecular formula is C28H26N6O3S2. The molecule has 1 amide bonds. The molecule has 0 fully saturated rings. The lowest BCUT2D eigenvalue weighted by atomic mass is 9.75. The quantitative estimate of drug-likeness (QED) is 0.389. The van der Waals surface area contributed by atoms with Crippen molar-refractivity contribution in [2.45, 2.75) is 36.4 Å². The molecule has 2 heterocycles. The minimum absolute atomic E-state index is 0.0160. The van der Waals surface area contributed by atoms with Crippen molar-refractivity contribution in [3.63, 3.8) is 0 Å². The number of aromatic nitrogens is 2. The Morgan fingerprint density at radius 2 is 2.05 bits per heavy atom. The van der Waals surface area contributed by atoms with Gasteiger partial charge in [-0.25, -0.2) is 0 Å². The van der Waals surface area contributed by atoms with Crippen LogP contribution in [0.1, 0.15) is 36.3 Å². The second-order valence-corrected chi connectivity index (χ2v) is 11.3. The standard InChI is InChI=1S/C28H26N6O3S2/c1-16-5-3-6-17(13-16)24-20(14-29)26(30)34(21-7-4-8-22(35)25(21)24)27-32-33-28(39-27)38-15-23(36)31-18-9-11-19(37-2)12-10-18/h3,5-6,9-13,24H,4,7-8,15,30H2,1-2H3,(H,31,36). The van der Waals surface area contributed by atoms with Crippen molar-refractivity contribution in [1.82, 2.24) is 10.2 Å². The van der Waals surface area contributed by atoms with Gasteiger partial charge in [-0.05, 0) is 49.6 Å². The molecule has 198 valence electrons. The maximum atomic E-state index is 13.3. The number of anilines is 2. The third kappa shape index (κ3) is 5.39. The molecular weight excluding hydrogens is 532 g/mol. The molecule has 39 heavy (non-hydrogen) atoms. The van der Waals surface area contributed by atoms with Crippen LogP contribution in [0.25, 0.3) is 0 Å². The largest absolute Gasteiger partial charge is 0.497 e. The molecule has 2 aliphatic rings. The first-order valence-corrected chi connectivity index (χ1v) is 14.1. The van der Waals surface area contributed by atoms with E-state index in [1.54, 1.807) is 36.3 Å². The van der Waals surface area contributed by atoms with Gasteiger partial charge in [0.2, 0.25) is 11.0 Å². The molecule has 11 heteroatoms. The minimum Gasteiger partial charge on any atom is -0.497 e. The number of benzene rings is 2. The molecule has 1 atom stereocenters. The number of thioether (sulfide) groups is 1. The van der Waals surface area contributed by atoms with Gasteiger partial charge in [0.15, 0.2) is 10.1 Å². The number of nitrogens with two attached hydrogens (primary N) is 1. The van der Waals surface area contributed by atoms with Crippen molar-refractivity contribution in [1.29, 1.82) is 5.26 Å². The van der Waals surface area contributed by atoms with Crippen LogP contribution < -0.4 is 20.7 Å². The molecule has 5 rings (SSSR count). The first-order chi connectivity index (χ1) is 18.9. The summed E-state index contributed by atoms with van der Waals surface area (Å²) in [6.07, 6.45) is 1.75. The molecule has 0 saturated heterocycles. The van der Waals surface area contributed by atoms with Gasteiger partial charge in [-0.2, -0.15) is 5.26 Å². The molecule has 3 aromatic rings. The highest BCUT2D eigenvalue weighted by atomic mass is 32.2. The highest BCUT2D eigenvalue weighted by Gasteiger charge is 2.41. The third-order valence-corrected chi connectivity index (χ3v) is 8.62. The van der Waals surface area contributed by atoms with Crippen molar-refractivity contribution in [3.05, 3.63) is 82.3 Å². The topological polar surface area (TPSA) is 134 Å². The predicted molar refractivity (Wildman–Crippen MR) is 151 cm³/mol. The Balaban J connectivity index is 1.39. The van der Waals surface area contributed by atoms with E-state index >= 15 is 0 Å². The number of carbonyl (C=O) groups is 2. The summed E-state index contributed by atoms with van der Waals surface area (Å²) in [6, 6.07) is 17.2. The highest BCUT2D eigenvalue weighted by Crippen LogP contribution is 2.47. The number of carbonyl (C=O) groups excluding carboxylic acids is 2. The van der Waals surface area contributed by atoms with Crippen LogP contribution >= 0.6 is 23.1 Å². The van der Waals surface area contributed by atoms with E-state index in [1.807, 2.05) is 31.2 Å². The third-order valence-electron chi connectivity index (χ3n) is 6.58. The number of aryl methyl sites for hydroxylation is 1. The zero-order chi connectivity index (χ0) is 27.5. The Morgan fingerprint density at radius 1 is 1.26 bits per heavy atom. The monoisotopic (exact) mass is 558 g/mol. The van der Waals surface area contributed by atoms with Crippen LogP contribution in [0.2, 0.25) is 0 Å². The minimum atomic E-state index is -0.516. The van der Waals surface area contributed by atoms with E-state index in [0.29, 0.717) is 51.3 Å². The van der Waals surface area contributed by atoms with Crippen LogP contribution in [-0.4, -0.2) is 34.8 Å². The van der Waals surface area contributed by atoms with Crippen molar-refractivity contribution in [2.75, 3.05) is 23.1 Å². The van der Waals surface area contributed by atoms with Crippen LogP contribution in [-0.2, 0) is 9.59 Å². The summed E-state index contributed by atoms with van der Waals surface area (Å²) in [5.74, 6) is 0.409. The van der Waals surface area contributed by atoms with E-state index in [-0.39, 0.29) is 23.3 Å². The van der Waals surface area contributed by atoms with Gasteiger partial charge >= 0.3 is 0 Å². The van der Waals surface area contributed by atoms with E-state index in [0.717, 1.165) is 16.8 Å². The zero-order valence-electron chi connectivity index (χ0n) is 21.4. The Hall–Kier alpha value is -4.14. The normalized spacial score (nSPS) is 17.1. The van der Waals surface area contributed by atoms with Gasteiger partial charge in [0, 0.05) is 23.4 Å². The number of amides is 1. The Morgan fingerprint density at radius 3 is 2.77 bits per heavy atom. The summed E-state index contributed by atoms with van der Waals surface area (Å²) >= 11 is 2.52. The summed E-state index contributed by atoms with van der Waals surface area (Å²) < 4.78 is 5.71. The molecule has 1 aromatic heterocycles. The number of ketones is 1. The Labute approximate surface area is 234 Å². The summed E-state index contributed by atoms with van der Waals surface area (Å²) in [6.45, 7) is 1.98. The van der Waals surface area contributed by atoms with Crippen molar-refractivity contribution in [2.24, 2.45) is 5.73 Å². The van der Waals surface area contributed by atoms with E-state index in [9.17, 15) is 14.9 Å². The van der Waals surface area contributed by atoms with Gasteiger partial charge < -0.3 is 15.8 Å².